The van der Waals surface area contributed by atoms with Gasteiger partial charge in [-0.3, -0.25) is 0 Å². The first-order chi connectivity index (χ1) is 9.51. The Morgan fingerprint density at radius 2 is 1.85 bits per heavy atom. The molecule has 1 nitrogen and oxygen atoms in total. The van der Waals surface area contributed by atoms with Crippen molar-refractivity contribution in [1.82, 2.24) is 5.32 Å². The van der Waals surface area contributed by atoms with E-state index >= 15 is 0 Å². The van der Waals surface area contributed by atoms with E-state index in [1.54, 1.807) is 13.1 Å². The summed E-state index contributed by atoms with van der Waals surface area (Å²) in [5, 5.41) is 3.91. The zero-order valence-electron chi connectivity index (χ0n) is 10.8. The second-order valence-corrected chi connectivity index (χ2v) is 5.29. The molecule has 20 heavy (non-hydrogen) atoms. The molecule has 1 atom stereocenters. The van der Waals surface area contributed by atoms with Crippen molar-refractivity contribution in [3.05, 3.63) is 69.2 Å². The van der Waals surface area contributed by atoms with Crippen LogP contribution in [0.3, 0.4) is 0 Å². The molecule has 0 spiro atoms. The highest BCUT2D eigenvalue weighted by Crippen LogP contribution is 2.27. The van der Waals surface area contributed by atoms with E-state index in [0.29, 0.717) is 27.6 Å². The quantitative estimate of drug-likeness (QED) is 0.856. The van der Waals surface area contributed by atoms with Gasteiger partial charge in [-0.15, -0.1) is 0 Å². The largest absolute Gasteiger partial charge is 0.313 e. The second kappa shape index (κ2) is 6.53. The third-order valence-corrected chi connectivity index (χ3v) is 3.72. The van der Waals surface area contributed by atoms with Crippen LogP contribution in [0, 0.1) is 11.6 Å². The summed E-state index contributed by atoms with van der Waals surface area (Å²) >= 11 is 11.9. The van der Waals surface area contributed by atoms with Gasteiger partial charge in [0.15, 0.2) is 0 Å². The molecule has 0 aromatic heterocycles. The lowest BCUT2D eigenvalue weighted by Gasteiger charge is -2.18. The van der Waals surface area contributed by atoms with Crippen molar-refractivity contribution >= 4 is 23.2 Å². The fraction of sp³-hybridized carbons (Fsp3) is 0.200. The molecule has 0 radical (unpaired) electrons. The minimum absolute atomic E-state index is 0.340. The van der Waals surface area contributed by atoms with Gasteiger partial charge in [0.05, 0.1) is 0 Å². The van der Waals surface area contributed by atoms with Crippen LogP contribution in [0.4, 0.5) is 8.78 Å². The molecule has 0 aliphatic heterocycles. The fourth-order valence-electron chi connectivity index (χ4n) is 2.07. The molecule has 0 heterocycles. The predicted octanol–water partition coefficient (Wildman–Crippen LogP) is 4.77. The lowest BCUT2D eigenvalue weighted by atomic mass is 9.98. The summed E-state index contributed by atoms with van der Waals surface area (Å²) in [7, 11) is 1.71. The number of rotatable bonds is 4. The molecule has 0 bridgehead atoms. The third-order valence-electron chi connectivity index (χ3n) is 3.11. The number of hydrogen-bond donors (Lipinski definition) is 1. The predicted molar refractivity (Wildman–Crippen MR) is 78.3 cm³/mol. The van der Waals surface area contributed by atoms with E-state index in [0.717, 1.165) is 0 Å². The molecule has 1 unspecified atom stereocenters. The van der Waals surface area contributed by atoms with Crippen molar-refractivity contribution in [2.24, 2.45) is 0 Å². The highest BCUT2D eigenvalue weighted by molar-refractivity contribution is 6.31. The van der Waals surface area contributed by atoms with E-state index in [4.69, 9.17) is 23.2 Å². The molecule has 0 fully saturated rings. The van der Waals surface area contributed by atoms with Crippen LogP contribution in [-0.4, -0.2) is 7.05 Å². The SMILES string of the molecule is CNC(Cc1cc(F)ccc1Cl)c1cc(Cl)ccc1F. The van der Waals surface area contributed by atoms with Crippen LogP contribution in [0.2, 0.25) is 10.0 Å². The number of hydrogen-bond acceptors (Lipinski definition) is 1. The smallest absolute Gasteiger partial charge is 0.128 e. The first-order valence-electron chi connectivity index (χ1n) is 6.07. The summed E-state index contributed by atoms with van der Waals surface area (Å²) in [6.45, 7) is 0. The van der Waals surface area contributed by atoms with E-state index in [1.807, 2.05) is 0 Å². The van der Waals surface area contributed by atoms with Gasteiger partial charge in [-0.05, 0) is 55.4 Å². The van der Waals surface area contributed by atoms with Crippen molar-refractivity contribution in [3.8, 4) is 0 Å². The molecule has 1 N–H and O–H groups in total. The monoisotopic (exact) mass is 315 g/mol. The van der Waals surface area contributed by atoms with Crippen LogP contribution in [0.25, 0.3) is 0 Å². The zero-order valence-corrected chi connectivity index (χ0v) is 12.3. The first kappa shape index (κ1) is 15.2. The van der Waals surface area contributed by atoms with Gasteiger partial charge in [0.1, 0.15) is 11.6 Å². The molecule has 0 aliphatic carbocycles. The maximum absolute atomic E-state index is 13.9. The molecule has 0 saturated heterocycles. The van der Waals surface area contributed by atoms with Crippen LogP contribution in [0.1, 0.15) is 17.2 Å². The average Bonchev–Trinajstić information content (AvgIpc) is 2.42. The number of likely N-dealkylation sites (N-methyl/N-ethyl adjacent to an activating group) is 1. The van der Waals surface area contributed by atoms with Crippen LogP contribution in [0.5, 0.6) is 0 Å². The molecule has 5 heteroatoms. The van der Waals surface area contributed by atoms with Gasteiger partial charge in [-0.2, -0.15) is 0 Å². The maximum Gasteiger partial charge on any atom is 0.128 e. The normalized spacial score (nSPS) is 12.4. The second-order valence-electron chi connectivity index (χ2n) is 4.45. The lowest BCUT2D eigenvalue weighted by molar-refractivity contribution is 0.532. The summed E-state index contributed by atoms with van der Waals surface area (Å²) in [6, 6.07) is 8.17. The Balaban J connectivity index is 2.33. The number of halogens is 4. The number of benzene rings is 2. The molecule has 106 valence electrons. The Morgan fingerprint density at radius 3 is 2.55 bits per heavy atom. The van der Waals surface area contributed by atoms with E-state index in [-0.39, 0.29) is 17.7 Å². The average molecular weight is 316 g/mol. The molecular weight excluding hydrogens is 303 g/mol. The topological polar surface area (TPSA) is 12.0 Å². The summed E-state index contributed by atoms with van der Waals surface area (Å²) in [5.74, 6) is -0.730. The van der Waals surface area contributed by atoms with Crippen molar-refractivity contribution in [1.29, 1.82) is 0 Å². The molecule has 0 aliphatic rings. The Kier molecular flexibility index (Phi) is 4.97. The Labute approximate surface area is 126 Å². The van der Waals surface area contributed by atoms with Gasteiger partial charge in [0, 0.05) is 21.7 Å². The highest BCUT2D eigenvalue weighted by atomic mass is 35.5. The minimum atomic E-state index is -0.370. The van der Waals surface area contributed by atoms with Gasteiger partial charge >= 0.3 is 0 Å². The van der Waals surface area contributed by atoms with Crippen LogP contribution < -0.4 is 5.32 Å². The molecule has 0 amide bonds. The van der Waals surface area contributed by atoms with Crippen LogP contribution in [0.15, 0.2) is 36.4 Å². The van der Waals surface area contributed by atoms with Crippen LogP contribution >= 0.6 is 23.2 Å². The van der Waals surface area contributed by atoms with Crippen molar-refractivity contribution in [2.45, 2.75) is 12.5 Å². The van der Waals surface area contributed by atoms with Gasteiger partial charge in [0.2, 0.25) is 0 Å². The van der Waals surface area contributed by atoms with Gasteiger partial charge in [0.25, 0.3) is 0 Å². The van der Waals surface area contributed by atoms with E-state index in [9.17, 15) is 8.78 Å². The Morgan fingerprint density at radius 1 is 1.10 bits per heavy atom. The van der Waals surface area contributed by atoms with E-state index < -0.39 is 0 Å². The molecule has 2 aromatic carbocycles. The minimum Gasteiger partial charge on any atom is -0.313 e. The molecular formula is C15H13Cl2F2N. The molecule has 2 rings (SSSR count). The van der Waals surface area contributed by atoms with Gasteiger partial charge < -0.3 is 5.32 Å². The van der Waals surface area contributed by atoms with Gasteiger partial charge in [-0.25, -0.2) is 8.78 Å². The van der Waals surface area contributed by atoms with Crippen molar-refractivity contribution in [3.63, 3.8) is 0 Å². The van der Waals surface area contributed by atoms with Crippen molar-refractivity contribution in [2.75, 3.05) is 7.05 Å². The lowest BCUT2D eigenvalue weighted by Crippen LogP contribution is -2.20. The zero-order chi connectivity index (χ0) is 14.7. The molecule has 0 saturated carbocycles. The maximum atomic E-state index is 13.9. The summed E-state index contributed by atoms with van der Waals surface area (Å²) in [4.78, 5) is 0. The van der Waals surface area contributed by atoms with Crippen molar-refractivity contribution < 1.29 is 8.78 Å². The standard InChI is InChI=1S/C15H13Cl2F2N/c1-20-15(12-8-10(16)2-5-14(12)19)7-9-6-11(18)3-4-13(9)17/h2-6,8,15,20H,7H2,1H3. The Hall–Kier alpha value is -1.16. The fourth-order valence-corrected chi connectivity index (χ4v) is 2.44. The first-order valence-corrected chi connectivity index (χ1v) is 6.83. The third kappa shape index (κ3) is 3.48. The van der Waals surface area contributed by atoms with Crippen LogP contribution in [-0.2, 0) is 6.42 Å². The summed E-state index contributed by atoms with van der Waals surface area (Å²) in [6.07, 6.45) is 0.365. The number of nitrogens with one attached hydrogen (secondary N) is 1. The van der Waals surface area contributed by atoms with Gasteiger partial charge in [-0.1, -0.05) is 23.2 Å². The highest BCUT2D eigenvalue weighted by Gasteiger charge is 2.17. The Bertz CT molecular complexity index is 617. The van der Waals surface area contributed by atoms with E-state index in [1.165, 1.54) is 30.3 Å². The van der Waals surface area contributed by atoms with E-state index in [2.05, 4.69) is 5.32 Å². The summed E-state index contributed by atoms with van der Waals surface area (Å²) in [5.41, 5.74) is 1.05. The summed E-state index contributed by atoms with van der Waals surface area (Å²) < 4.78 is 27.2. The molecule has 2 aromatic rings.